The first kappa shape index (κ1) is 32.3. The van der Waals surface area contributed by atoms with Crippen molar-refractivity contribution in [3.8, 4) is 11.1 Å². The van der Waals surface area contributed by atoms with Crippen LogP contribution in [0.5, 0.6) is 0 Å². The van der Waals surface area contributed by atoms with Crippen LogP contribution in [0.15, 0.2) is 42.5 Å². The number of carboxylic acids is 1. The van der Waals surface area contributed by atoms with Crippen LogP contribution >= 0.6 is 0 Å². The highest BCUT2D eigenvalue weighted by atomic mass is 19.3. The molecule has 0 unspecified atom stereocenters. The van der Waals surface area contributed by atoms with Crippen LogP contribution in [0.4, 0.5) is 24.1 Å². The zero-order chi connectivity index (χ0) is 31.6. The maximum atomic E-state index is 14.1. The number of anilines is 1. The SMILES string of the molecule is CC(C)(C)OC(=O)Nc1ccc(-c2cccc(C(F)F)c2)cc1C(=O)N1CCN(C(=O)OC(C)(C)C)C[C@@]1(C)C(=O)O. The van der Waals surface area contributed by atoms with E-state index in [-0.39, 0.29) is 36.4 Å². The minimum atomic E-state index is -2.71. The van der Waals surface area contributed by atoms with Gasteiger partial charge in [-0.15, -0.1) is 0 Å². The van der Waals surface area contributed by atoms with E-state index in [0.29, 0.717) is 11.1 Å². The van der Waals surface area contributed by atoms with Crippen molar-refractivity contribution in [2.24, 2.45) is 0 Å². The number of carbonyl (C=O) groups excluding carboxylic acids is 3. The molecule has 2 aromatic carbocycles. The summed E-state index contributed by atoms with van der Waals surface area (Å²) >= 11 is 0. The van der Waals surface area contributed by atoms with Crippen LogP contribution in [0.1, 0.15) is 70.8 Å². The van der Waals surface area contributed by atoms with Gasteiger partial charge in [0.15, 0.2) is 5.54 Å². The largest absolute Gasteiger partial charge is 0.479 e. The first-order valence-corrected chi connectivity index (χ1v) is 13.4. The standard InChI is InChI=1S/C30H37F2N3O7/c1-28(2,3)41-26(39)33-22-12-11-19(18-9-8-10-20(15-18)23(31)32)16-21(22)24(36)35-14-13-34(17-30(35,7)25(37)38)27(40)42-29(4,5)6/h8-12,15-16,23H,13-14,17H2,1-7H3,(H,33,39)(H,37,38)/t30-/m0/s1. The van der Waals surface area contributed by atoms with Crippen LogP contribution in [-0.4, -0.2) is 75.3 Å². The van der Waals surface area contributed by atoms with E-state index in [1.807, 2.05) is 0 Å². The number of aliphatic carboxylic acids is 1. The van der Waals surface area contributed by atoms with Gasteiger partial charge < -0.3 is 24.4 Å². The minimum absolute atomic E-state index is 0.00548. The molecule has 1 saturated heterocycles. The zero-order valence-electron chi connectivity index (χ0n) is 24.8. The molecule has 42 heavy (non-hydrogen) atoms. The molecular formula is C30H37F2N3O7. The quantitative estimate of drug-likeness (QED) is 0.427. The average molecular weight is 590 g/mol. The van der Waals surface area contributed by atoms with Gasteiger partial charge in [-0.25, -0.2) is 23.2 Å². The normalized spacial score (nSPS) is 17.6. The summed E-state index contributed by atoms with van der Waals surface area (Å²) in [4.78, 5) is 54.3. The second-order valence-electron chi connectivity index (χ2n) is 12.3. The van der Waals surface area contributed by atoms with Crippen LogP contribution in [0, 0.1) is 0 Å². The summed E-state index contributed by atoms with van der Waals surface area (Å²) in [5, 5.41) is 12.8. The molecule has 1 fully saturated rings. The number of carboxylic acid groups (broad SMARTS) is 1. The summed E-state index contributed by atoms with van der Waals surface area (Å²) in [5.74, 6) is -2.10. The summed E-state index contributed by atoms with van der Waals surface area (Å²) in [6.45, 7) is 10.9. The summed E-state index contributed by atoms with van der Waals surface area (Å²) in [7, 11) is 0. The van der Waals surface area contributed by atoms with Gasteiger partial charge in [-0.2, -0.15) is 0 Å². The monoisotopic (exact) mass is 589 g/mol. The number of halogens is 2. The number of benzene rings is 2. The van der Waals surface area contributed by atoms with Gasteiger partial charge in [0.05, 0.1) is 17.8 Å². The van der Waals surface area contributed by atoms with Gasteiger partial charge in [0, 0.05) is 18.7 Å². The molecule has 2 N–H and O–H groups in total. The van der Waals surface area contributed by atoms with E-state index < -0.39 is 47.2 Å². The molecule has 0 aliphatic carbocycles. The highest BCUT2D eigenvalue weighted by molar-refractivity contribution is 6.05. The molecule has 0 saturated carbocycles. The Morgan fingerprint density at radius 2 is 1.55 bits per heavy atom. The van der Waals surface area contributed by atoms with Crippen molar-refractivity contribution in [2.75, 3.05) is 25.0 Å². The summed E-state index contributed by atoms with van der Waals surface area (Å²) in [6, 6.07) is 10.0. The zero-order valence-corrected chi connectivity index (χ0v) is 24.8. The molecule has 0 bridgehead atoms. The molecule has 0 aromatic heterocycles. The lowest BCUT2D eigenvalue weighted by molar-refractivity contribution is -0.152. The first-order chi connectivity index (χ1) is 19.3. The van der Waals surface area contributed by atoms with Gasteiger partial charge >= 0.3 is 18.2 Å². The number of amides is 3. The molecule has 0 radical (unpaired) electrons. The molecule has 2 aromatic rings. The van der Waals surface area contributed by atoms with Gasteiger partial charge in [-0.1, -0.05) is 24.3 Å². The van der Waals surface area contributed by atoms with E-state index in [1.54, 1.807) is 53.7 Å². The third kappa shape index (κ3) is 7.74. The van der Waals surface area contributed by atoms with Crippen LogP contribution < -0.4 is 5.32 Å². The number of piperazine rings is 1. The maximum absolute atomic E-state index is 14.1. The predicted octanol–water partition coefficient (Wildman–Crippen LogP) is 6.17. The van der Waals surface area contributed by atoms with Crippen molar-refractivity contribution in [3.05, 3.63) is 53.6 Å². The Morgan fingerprint density at radius 1 is 0.929 bits per heavy atom. The third-order valence-corrected chi connectivity index (χ3v) is 6.40. The van der Waals surface area contributed by atoms with E-state index >= 15 is 0 Å². The molecule has 1 aliphatic rings. The average Bonchev–Trinajstić information content (AvgIpc) is 2.86. The molecule has 3 amide bonds. The number of alkyl halides is 2. The Bertz CT molecular complexity index is 1370. The fourth-order valence-electron chi connectivity index (χ4n) is 4.42. The highest BCUT2D eigenvalue weighted by Crippen LogP contribution is 2.32. The lowest BCUT2D eigenvalue weighted by Crippen LogP contribution is -2.67. The molecule has 10 nitrogen and oxygen atoms in total. The molecule has 1 atom stereocenters. The van der Waals surface area contributed by atoms with E-state index in [2.05, 4.69) is 5.32 Å². The Balaban J connectivity index is 2.05. The van der Waals surface area contributed by atoms with Crippen LogP contribution in [0.2, 0.25) is 0 Å². The highest BCUT2D eigenvalue weighted by Gasteiger charge is 2.49. The smallest absolute Gasteiger partial charge is 0.412 e. The first-order valence-electron chi connectivity index (χ1n) is 13.4. The van der Waals surface area contributed by atoms with Gasteiger partial charge in [-0.05, 0) is 77.8 Å². The molecule has 1 heterocycles. The molecular weight excluding hydrogens is 552 g/mol. The topological polar surface area (TPSA) is 125 Å². The minimum Gasteiger partial charge on any atom is -0.479 e. The Kier molecular flexibility index (Phi) is 9.19. The van der Waals surface area contributed by atoms with Gasteiger partial charge in [-0.3, -0.25) is 10.1 Å². The fraction of sp³-hybridized carbons (Fsp3) is 0.467. The van der Waals surface area contributed by atoms with Crippen LogP contribution in [-0.2, 0) is 14.3 Å². The van der Waals surface area contributed by atoms with Crippen molar-refractivity contribution in [1.82, 2.24) is 9.80 Å². The van der Waals surface area contributed by atoms with E-state index in [9.17, 15) is 33.1 Å². The predicted molar refractivity (Wildman–Crippen MR) is 152 cm³/mol. The Labute approximate surface area is 243 Å². The fourth-order valence-corrected chi connectivity index (χ4v) is 4.42. The van der Waals surface area contributed by atoms with Gasteiger partial charge in [0.25, 0.3) is 12.3 Å². The van der Waals surface area contributed by atoms with E-state index in [4.69, 9.17) is 9.47 Å². The molecule has 1 aliphatic heterocycles. The van der Waals surface area contributed by atoms with Gasteiger partial charge in [0.2, 0.25) is 0 Å². The molecule has 3 rings (SSSR count). The lowest BCUT2D eigenvalue weighted by Gasteiger charge is -2.46. The molecule has 12 heteroatoms. The second-order valence-corrected chi connectivity index (χ2v) is 12.3. The molecule has 0 spiro atoms. The van der Waals surface area contributed by atoms with E-state index in [0.717, 1.165) is 4.90 Å². The van der Waals surface area contributed by atoms with Crippen molar-refractivity contribution >= 4 is 29.8 Å². The van der Waals surface area contributed by atoms with Crippen LogP contribution in [0.3, 0.4) is 0 Å². The van der Waals surface area contributed by atoms with Crippen molar-refractivity contribution in [3.63, 3.8) is 0 Å². The number of nitrogens with one attached hydrogen (secondary N) is 1. The maximum Gasteiger partial charge on any atom is 0.412 e. The summed E-state index contributed by atoms with van der Waals surface area (Å²) < 4.78 is 37.5. The summed E-state index contributed by atoms with van der Waals surface area (Å²) in [6.07, 6.45) is -4.27. The number of nitrogens with zero attached hydrogens (tertiary/aromatic N) is 2. The van der Waals surface area contributed by atoms with E-state index in [1.165, 1.54) is 42.2 Å². The summed E-state index contributed by atoms with van der Waals surface area (Å²) in [5.41, 5.74) is -3.00. The van der Waals surface area contributed by atoms with Crippen LogP contribution in [0.25, 0.3) is 11.1 Å². The molecule has 228 valence electrons. The van der Waals surface area contributed by atoms with Crippen molar-refractivity contribution in [1.29, 1.82) is 0 Å². The Hall–Kier alpha value is -4.22. The number of carbonyl (C=O) groups is 4. The second kappa shape index (κ2) is 11.9. The van der Waals surface area contributed by atoms with Crippen molar-refractivity contribution < 1.29 is 42.5 Å². The van der Waals surface area contributed by atoms with Crippen molar-refractivity contribution in [2.45, 2.75) is 71.6 Å². The third-order valence-electron chi connectivity index (χ3n) is 6.40. The number of rotatable bonds is 5. The number of hydrogen-bond acceptors (Lipinski definition) is 6. The number of hydrogen-bond donors (Lipinski definition) is 2. The number of ether oxygens (including phenoxy) is 2. The van der Waals surface area contributed by atoms with Gasteiger partial charge in [0.1, 0.15) is 11.2 Å². The lowest BCUT2D eigenvalue weighted by atomic mass is 9.93. The Morgan fingerprint density at radius 3 is 2.12 bits per heavy atom.